The third kappa shape index (κ3) is 3.51. The Hall–Kier alpha value is -3.51. The Bertz CT molecular complexity index is 1470. The Labute approximate surface area is 196 Å². The predicted molar refractivity (Wildman–Crippen MR) is 132 cm³/mol. The minimum Gasteiger partial charge on any atom is -0.382 e. The number of nitrogen functional groups attached to an aromatic ring is 1. The van der Waals surface area contributed by atoms with Crippen LogP contribution in [0, 0.1) is 0 Å². The van der Waals surface area contributed by atoms with Crippen LogP contribution in [-0.2, 0) is 0 Å². The van der Waals surface area contributed by atoms with Crippen molar-refractivity contribution in [3.05, 3.63) is 71.9 Å². The molecule has 0 bridgehead atoms. The molecule has 6 nitrogen and oxygen atoms in total. The molecule has 0 saturated heterocycles. The second-order valence-corrected chi connectivity index (χ2v) is 9.03. The predicted octanol–water partition coefficient (Wildman–Crippen LogP) is 6.29. The largest absolute Gasteiger partial charge is 0.382 e. The van der Waals surface area contributed by atoms with Gasteiger partial charge in [-0.2, -0.15) is 0 Å². The van der Waals surface area contributed by atoms with Crippen molar-refractivity contribution in [1.29, 1.82) is 0 Å². The first-order valence-electron chi connectivity index (χ1n) is 11.3. The maximum atomic E-state index is 6.79. The molecule has 4 aromatic heterocycles. The molecule has 33 heavy (non-hydrogen) atoms. The first-order valence-corrected chi connectivity index (χ1v) is 11.7. The molecule has 1 aliphatic carbocycles. The van der Waals surface area contributed by atoms with Crippen molar-refractivity contribution in [2.75, 3.05) is 5.73 Å². The molecule has 1 aromatic carbocycles. The number of nitrogens with two attached hydrogens (primary N) is 1. The average Bonchev–Trinajstić information content (AvgIpc) is 3.25. The Balaban J connectivity index is 1.55. The van der Waals surface area contributed by atoms with E-state index in [0.29, 0.717) is 16.8 Å². The maximum absolute atomic E-state index is 6.79. The molecule has 0 atom stereocenters. The molecular weight excluding hydrogens is 432 g/mol. The van der Waals surface area contributed by atoms with Crippen LogP contribution in [0.1, 0.15) is 43.8 Å². The summed E-state index contributed by atoms with van der Waals surface area (Å²) in [5.41, 5.74) is 11.2. The molecule has 164 valence electrons. The zero-order valence-corrected chi connectivity index (χ0v) is 18.8. The molecule has 2 N–H and O–H groups in total. The van der Waals surface area contributed by atoms with Gasteiger partial charge in [0.25, 0.3) is 0 Å². The number of anilines is 1. The van der Waals surface area contributed by atoms with Crippen molar-refractivity contribution in [2.24, 2.45) is 0 Å². The van der Waals surface area contributed by atoms with Gasteiger partial charge < -0.3 is 5.73 Å². The van der Waals surface area contributed by atoms with Gasteiger partial charge in [-0.25, -0.2) is 15.0 Å². The molecule has 1 aliphatic rings. The summed E-state index contributed by atoms with van der Waals surface area (Å²) in [5.74, 6) is 1.91. The topological polar surface area (TPSA) is 82.0 Å². The molecule has 5 aromatic rings. The van der Waals surface area contributed by atoms with Crippen LogP contribution >= 0.6 is 11.6 Å². The minimum atomic E-state index is 0.412. The lowest BCUT2D eigenvalue weighted by Gasteiger charge is -2.20. The fraction of sp³-hybridized carbons (Fsp3) is 0.231. The highest BCUT2D eigenvalue weighted by atomic mass is 35.5. The van der Waals surface area contributed by atoms with Gasteiger partial charge in [0.05, 0.1) is 21.9 Å². The van der Waals surface area contributed by atoms with E-state index >= 15 is 0 Å². The molecule has 1 fully saturated rings. The van der Waals surface area contributed by atoms with E-state index in [9.17, 15) is 0 Å². The van der Waals surface area contributed by atoms with Crippen LogP contribution in [0.25, 0.3) is 39.1 Å². The fourth-order valence-corrected chi connectivity index (χ4v) is 5.17. The highest BCUT2D eigenvalue weighted by Crippen LogP contribution is 2.39. The van der Waals surface area contributed by atoms with Crippen LogP contribution in [0.2, 0.25) is 5.02 Å². The Kier molecular flexibility index (Phi) is 4.95. The number of hydrogen-bond donors (Lipinski definition) is 1. The fourth-order valence-electron chi connectivity index (χ4n) is 4.91. The standard InChI is InChI=1S/C26H23ClN6/c27-19-14-17-9-10-21(20-8-4-5-11-29-20)31-22(17)15-18(19)23-24-25(28)30-12-13-33(24)26(32-23)16-6-2-1-3-7-16/h4-5,8-16H,1-3,6-7H2,(H2,28,30). The number of pyridine rings is 2. The lowest BCUT2D eigenvalue weighted by Crippen LogP contribution is -2.09. The summed E-state index contributed by atoms with van der Waals surface area (Å²) in [6.45, 7) is 0. The van der Waals surface area contributed by atoms with Crippen molar-refractivity contribution in [3.8, 4) is 22.6 Å². The van der Waals surface area contributed by atoms with Gasteiger partial charge in [0.2, 0.25) is 0 Å². The summed E-state index contributed by atoms with van der Waals surface area (Å²) in [4.78, 5) is 18.8. The van der Waals surface area contributed by atoms with Gasteiger partial charge in [-0.05, 0) is 43.2 Å². The summed E-state index contributed by atoms with van der Waals surface area (Å²) in [6, 6.07) is 13.8. The van der Waals surface area contributed by atoms with Crippen LogP contribution in [-0.4, -0.2) is 24.3 Å². The van der Waals surface area contributed by atoms with E-state index in [0.717, 1.165) is 57.7 Å². The van der Waals surface area contributed by atoms with E-state index < -0.39 is 0 Å². The summed E-state index contributed by atoms with van der Waals surface area (Å²) >= 11 is 6.79. The summed E-state index contributed by atoms with van der Waals surface area (Å²) in [6.07, 6.45) is 11.5. The van der Waals surface area contributed by atoms with Crippen molar-refractivity contribution in [3.63, 3.8) is 0 Å². The van der Waals surface area contributed by atoms with Crippen molar-refractivity contribution in [2.45, 2.75) is 38.0 Å². The van der Waals surface area contributed by atoms with Gasteiger partial charge >= 0.3 is 0 Å². The number of rotatable bonds is 3. The van der Waals surface area contributed by atoms with Gasteiger partial charge in [-0.15, -0.1) is 0 Å². The third-order valence-corrected chi connectivity index (χ3v) is 6.85. The zero-order valence-electron chi connectivity index (χ0n) is 18.1. The van der Waals surface area contributed by atoms with Gasteiger partial charge in [0.15, 0.2) is 0 Å². The maximum Gasteiger partial charge on any atom is 0.150 e. The van der Waals surface area contributed by atoms with Gasteiger partial charge in [0, 0.05) is 35.5 Å². The van der Waals surface area contributed by atoms with E-state index in [2.05, 4.69) is 14.4 Å². The second-order valence-electron chi connectivity index (χ2n) is 8.62. The van der Waals surface area contributed by atoms with Crippen LogP contribution < -0.4 is 5.73 Å². The molecule has 0 amide bonds. The highest BCUT2D eigenvalue weighted by molar-refractivity contribution is 6.34. The number of benzene rings is 1. The summed E-state index contributed by atoms with van der Waals surface area (Å²) in [7, 11) is 0. The van der Waals surface area contributed by atoms with Gasteiger partial charge in [-0.3, -0.25) is 9.38 Å². The van der Waals surface area contributed by atoms with E-state index in [1.54, 1.807) is 12.4 Å². The molecule has 0 spiro atoms. The van der Waals surface area contributed by atoms with Crippen LogP contribution in [0.4, 0.5) is 5.82 Å². The monoisotopic (exact) mass is 454 g/mol. The number of imidazole rings is 1. The molecule has 0 unspecified atom stereocenters. The number of halogens is 1. The molecule has 7 heteroatoms. The van der Waals surface area contributed by atoms with Crippen LogP contribution in [0.5, 0.6) is 0 Å². The first kappa shape index (κ1) is 20.1. The normalized spacial score (nSPS) is 14.8. The molecule has 0 radical (unpaired) electrons. The van der Waals surface area contributed by atoms with Crippen LogP contribution in [0.3, 0.4) is 0 Å². The molecule has 6 rings (SSSR count). The second kappa shape index (κ2) is 8.12. The molecule has 4 heterocycles. The zero-order chi connectivity index (χ0) is 22.4. The summed E-state index contributed by atoms with van der Waals surface area (Å²) < 4.78 is 2.10. The number of hydrogen-bond acceptors (Lipinski definition) is 5. The van der Waals surface area contributed by atoms with Gasteiger partial charge in [0.1, 0.15) is 22.9 Å². The molecular formula is C26H23ClN6. The lowest BCUT2D eigenvalue weighted by atomic mass is 9.89. The third-order valence-electron chi connectivity index (χ3n) is 6.54. The quantitative estimate of drug-likeness (QED) is 0.346. The number of aromatic nitrogens is 5. The lowest BCUT2D eigenvalue weighted by molar-refractivity contribution is 0.428. The summed E-state index contributed by atoms with van der Waals surface area (Å²) in [5, 5.41) is 1.58. The van der Waals surface area contributed by atoms with E-state index in [-0.39, 0.29) is 0 Å². The van der Waals surface area contributed by atoms with Crippen molar-refractivity contribution >= 4 is 33.8 Å². The number of nitrogens with zero attached hydrogens (tertiary/aromatic N) is 5. The smallest absolute Gasteiger partial charge is 0.150 e. The van der Waals surface area contributed by atoms with Crippen molar-refractivity contribution < 1.29 is 0 Å². The number of fused-ring (bicyclic) bond motifs is 2. The van der Waals surface area contributed by atoms with Crippen LogP contribution in [0.15, 0.2) is 61.1 Å². The first-order chi connectivity index (χ1) is 16.2. The molecule has 1 saturated carbocycles. The highest BCUT2D eigenvalue weighted by Gasteiger charge is 2.25. The van der Waals surface area contributed by atoms with Gasteiger partial charge in [-0.1, -0.05) is 43.0 Å². The van der Waals surface area contributed by atoms with E-state index in [1.807, 2.05) is 48.7 Å². The Morgan fingerprint density at radius 2 is 1.79 bits per heavy atom. The van der Waals surface area contributed by atoms with E-state index in [4.69, 9.17) is 27.3 Å². The Morgan fingerprint density at radius 3 is 2.61 bits per heavy atom. The SMILES string of the molecule is Nc1nccn2c(C3CCCCC3)nc(-c3cc4nc(-c5ccccn5)ccc4cc3Cl)c12. The van der Waals surface area contributed by atoms with E-state index in [1.165, 1.54) is 19.3 Å². The van der Waals surface area contributed by atoms with Crippen molar-refractivity contribution in [1.82, 2.24) is 24.3 Å². The Morgan fingerprint density at radius 1 is 0.909 bits per heavy atom. The molecule has 0 aliphatic heterocycles. The minimum absolute atomic E-state index is 0.412. The average molecular weight is 455 g/mol.